The van der Waals surface area contributed by atoms with E-state index in [4.69, 9.17) is 26.1 Å². The smallest absolute Gasteiger partial charge is 0.231 e. The van der Waals surface area contributed by atoms with Crippen LogP contribution in [0.2, 0.25) is 5.15 Å². The molecule has 0 spiro atoms. The van der Waals surface area contributed by atoms with Gasteiger partial charge in [-0.15, -0.1) is 0 Å². The summed E-state index contributed by atoms with van der Waals surface area (Å²) < 4.78 is 10.9. The molecule has 154 valence electrons. The maximum atomic E-state index is 6.52. The predicted octanol–water partition coefficient (Wildman–Crippen LogP) is 4.03. The lowest BCUT2D eigenvalue weighted by molar-refractivity contribution is 0.174. The first-order valence-electron chi connectivity index (χ1n) is 10.1. The van der Waals surface area contributed by atoms with Crippen molar-refractivity contribution in [3.8, 4) is 22.9 Å². The lowest BCUT2D eigenvalue weighted by Crippen LogP contribution is -2.31. The van der Waals surface area contributed by atoms with E-state index in [-0.39, 0.29) is 6.79 Å². The highest BCUT2D eigenvalue weighted by molar-refractivity contribution is 6.30. The molecule has 7 nitrogen and oxygen atoms in total. The summed E-state index contributed by atoms with van der Waals surface area (Å²) in [5.74, 6) is 2.20. The molecule has 0 bridgehead atoms. The van der Waals surface area contributed by atoms with Crippen LogP contribution in [-0.4, -0.2) is 38.2 Å². The summed E-state index contributed by atoms with van der Waals surface area (Å²) in [4.78, 5) is 20.3. The summed E-state index contributed by atoms with van der Waals surface area (Å²) in [6.45, 7) is 2.63. The van der Waals surface area contributed by atoms with Crippen molar-refractivity contribution in [2.24, 2.45) is 0 Å². The molecule has 0 aliphatic carbocycles. The molecule has 0 atom stereocenters. The lowest BCUT2D eigenvalue weighted by atomic mass is 10.1. The fourth-order valence-electron chi connectivity index (χ4n) is 4.09. The fourth-order valence-corrected chi connectivity index (χ4v) is 4.29. The number of pyridine rings is 2. The Morgan fingerprint density at radius 2 is 1.87 bits per heavy atom. The molecule has 0 N–H and O–H groups in total. The number of ether oxygens (including phenoxy) is 2. The topological polar surface area (TPSA) is 73.3 Å². The molecule has 4 aromatic rings. The number of hydrogen-bond donors (Lipinski definition) is 0. The quantitative estimate of drug-likeness (QED) is 0.453. The van der Waals surface area contributed by atoms with Crippen molar-refractivity contribution in [2.45, 2.75) is 19.5 Å². The highest BCUT2D eigenvalue weighted by Crippen LogP contribution is 2.36. The van der Waals surface area contributed by atoms with Crippen LogP contribution in [0, 0.1) is 0 Å². The monoisotopic (exact) mass is 431 g/mol. The van der Waals surface area contributed by atoms with Gasteiger partial charge in [0.15, 0.2) is 17.3 Å². The van der Waals surface area contributed by atoms with Gasteiger partial charge in [-0.3, -0.25) is 9.88 Å². The predicted molar refractivity (Wildman–Crippen MR) is 116 cm³/mol. The van der Waals surface area contributed by atoms with Gasteiger partial charge in [0.1, 0.15) is 5.15 Å². The zero-order valence-electron chi connectivity index (χ0n) is 16.6. The Hall–Kier alpha value is -3.29. The highest BCUT2D eigenvalue weighted by Gasteiger charge is 2.21. The van der Waals surface area contributed by atoms with E-state index in [0.717, 1.165) is 64.4 Å². The van der Waals surface area contributed by atoms with Gasteiger partial charge in [-0.1, -0.05) is 11.6 Å². The van der Waals surface area contributed by atoms with E-state index in [1.807, 2.05) is 30.5 Å². The van der Waals surface area contributed by atoms with E-state index in [1.54, 1.807) is 12.4 Å². The Labute approximate surface area is 183 Å². The van der Waals surface area contributed by atoms with Gasteiger partial charge >= 0.3 is 0 Å². The molecule has 3 aromatic heterocycles. The van der Waals surface area contributed by atoms with E-state index in [0.29, 0.717) is 17.4 Å². The van der Waals surface area contributed by atoms with Crippen LogP contribution in [0.15, 0.2) is 48.9 Å². The lowest BCUT2D eigenvalue weighted by Gasteiger charge is -2.28. The zero-order chi connectivity index (χ0) is 20.8. The molecule has 0 saturated heterocycles. The van der Waals surface area contributed by atoms with Crippen LogP contribution in [0.5, 0.6) is 11.5 Å². The van der Waals surface area contributed by atoms with E-state index in [2.05, 4.69) is 25.9 Å². The SMILES string of the molecule is Clc1nc2cc3c(cc2cc1CN1CCc2nc(-c4ccncc4)ncc2C1)OCO3. The van der Waals surface area contributed by atoms with Crippen LogP contribution in [0.25, 0.3) is 22.3 Å². The largest absolute Gasteiger partial charge is 0.454 e. The number of nitrogens with zero attached hydrogens (tertiary/aromatic N) is 5. The van der Waals surface area contributed by atoms with E-state index in [9.17, 15) is 0 Å². The van der Waals surface area contributed by atoms with Crippen molar-refractivity contribution in [2.75, 3.05) is 13.3 Å². The molecule has 2 aliphatic rings. The van der Waals surface area contributed by atoms with E-state index in [1.165, 1.54) is 0 Å². The number of fused-ring (bicyclic) bond motifs is 3. The van der Waals surface area contributed by atoms with Crippen LogP contribution >= 0.6 is 11.6 Å². The first kappa shape index (κ1) is 18.5. The summed E-state index contributed by atoms with van der Waals surface area (Å²) in [5.41, 5.74) is 5.03. The Bertz CT molecular complexity index is 1300. The fraction of sp³-hybridized carbons (Fsp3) is 0.217. The van der Waals surface area contributed by atoms with Crippen LogP contribution in [-0.2, 0) is 19.5 Å². The van der Waals surface area contributed by atoms with Crippen LogP contribution < -0.4 is 9.47 Å². The summed E-state index contributed by atoms with van der Waals surface area (Å²) in [5, 5.41) is 1.51. The van der Waals surface area contributed by atoms with Crippen molar-refractivity contribution in [1.29, 1.82) is 0 Å². The van der Waals surface area contributed by atoms with Gasteiger partial charge in [0, 0.05) is 72.8 Å². The standard InChI is InChI=1S/C23H18ClN5O2/c24-22-16(7-15-8-20-21(31-13-30-20)9-19(15)27-22)11-29-6-3-18-17(12-29)10-26-23(28-18)14-1-4-25-5-2-14/h1-2,4-5,7-10H,3,6,11-13H2. The number of hydrogen-bond acceptors (Lipinski definition) is 7. The van der Waals surface area contributed by atoms with Gasteiger partial charge in [-0.2, -0.15) is 0 Å². The molecule has 0 amide bonds. The van der Waals surface area contributed by atoms with Crippen molar-refractivity contribution in [3.63, 3.8) is 0 Å². The Morgan fingerprint density at radius 3 is 2.74 bits per heavy atom. The molecule has 0 fully saturated rings. The molecule has 6 rings (SSSR count). The maximum absolute atomic E-state index is 6.52. The van der Waals surface area contributed by atoms with Gasteiger partial charge in [-0.25, -0.2) is 15.0 Å². The van der Waals surface area contributed by atoms with Gasteiger partial charge < -0.3 is 9.47 Å². The summed E-state index contributed by atoms with van der Waals surface area (Å²) >= 11 is 6.52. The molecule has 2 aliphatic heterocycles. The highest BCUT2D eigenvalue weighted by atomic mass is 35.5. The molecular formula is C23H18ClN5O2. The third kappa shape index (κ3) is 3.45. The molecule has 5 heterocycles. The number of benzene rings is 1. The van der Waals surface area contributed by atoms with Crippen molar-refractivity contribution in [3.05, 3.63) is 70.9 Å². The normalized spacial score (nSPS) is 15.3. The minimum absolute atomic E-state index is 0.240. The second-order valence-electron chi connectivity index (χ2n) is 7.70. The van der Waals surface area contributed by atoms with Crippen molar-refractivity contribution >= 4 is 22.5 Å². The molecule has 0 unspecified atom stereocenters. The summed E-state index contributed by atoms with van der Waals surface area (Å²) in [6.07, 6.45) is 6.32. The molecule has 0 radical (unpaired) electrons. The van der Waals surface area contributed by atoms with Gasteiger partial charge in [-0.05, 0) is 24.3 Å². The van der Waals surface area contributed by atoms with Crippen LogP contribution in [0.3, 0.4) is 0 Å². The third-order valence-electron chi connectivity index (χ3n) is 5.68. The molecule has 1 aromatic carbocycles. The Balaban J connectivity index is 1.24. The van der Waals surface area contributed by atoms with E-state index < -0.39 is 0 Å². The molecule has 0 saturated carbocycles. The molecule has 8 heteroatoms. The maximum Gasteiger partial charge on any atom is 0.231 e. The van der Waals surface area contributed by atoms with E-state index >= 15 is 0 Å². The minimum atomic E-state index is 0.240. The Morgan fingerprint density at radius 1 is 1.03 bits per heavy atom. The van der Waals surface area contributed by atoms with Gasteiger partial charge in [0.05, 0.1) is 11.2 Å². The molecule has 31 heavy (non-hydrogen) atoms. The summed E-state index contributed by atoms with van der Waals surface area (Å²) in [6, 6.07) is 9.79. The third-order valence-corrected chi connectivity index (χ3v) is 6.01. The average molecular weight is 432 g/mol. The second-order valence-corrected chi connectivity index (χ2v) is 8.06. The number of aromatic nitrogens is 4. The Kier molecular flexibility index (Phi) is 4.44. The minimum Gasteiger partial charge on any atom is -0.454 e. The summed E-state index contributed by atoms with van der Waals surface area (Å²) in [7, 11) is 0. The van der Waals surface area contributed by atoms with Gasteiger partial charge in [0.25, 0.3) is 0 Å². The molecular weight excluding hydrogens is 414 g/mol. The average Bonchev–Trinajstić information content (AvgIpc) is 3.25. The first-order valence-corrected chi connectivity index (χ1v) is 10.5. The van der Waals surface area contributed by atoms with Crippen molar-refractivity contribution in [1.82, 2.24) is 24.8 Å². The first-order chi connectivity index (χ1) is 15.2. The van der Waals surface area contributed by atoms with Crippen LogP contribution in [0.4, 0.5) is 0 Å². The van der Waals surface area contributed by atoms with Crippen molar-refractivity contribution < 1.29 is 9.47 Å². The zero-order valence-corrected chi connectivity index (χ0v) is 17.3. The van der Waals surface area contributed by atoms with Crippen LogP contribution in [0.1, 0.15) is 16.8 Å². The van der Waals surface area contributed by atoms with Gasteiger partial charge in [0.2, 0.25) is 6.79 Å². The number of rotatable bonds is 3. The second kappa shape index (κ2) is 7.44. The number of halogens is 1.